The molecule has 0 aliphatic carbocycles. The maximum absolute atomic E-state index is 12.9. The first kappa shape index (κ1) is 54.6. The van der Waals surface area contributed by atoms with Crippen LogP contribution in [0.3, 0.4) is 0 Å². The van der Waals surface area contributed by atoms with Crippen LogP contribution in [0.1, 0.15) is 46.2 Å². The number of aryl methyl sites for hydroxylation is 2. The number of carbonyl (C=O) groups excluding carboxylic acids is 1. The van der Waals surface area contributed by atoms with Gasteiger partial charge in [0.1, 0.15) is 38.3 Å². The second-order valence-electron chi connectivity index (χ2n) is 15.1. The third-order valence-corrected chi connectivity index (χ3v) is 13.6. The number of nitriles is 1. The third-order valence-electron chi connectivity index (χ3n) is 10.2. The molecule has 0 spiro atoms. The summed E-state index contributed by atoms with van der Waals surface area (Å²) in [6.07, 6.45) is 6.61. The average Bonchev–Trinajstić information content (AvgIpc) is 3.24. The minimum Gasteiger partial charge on any atom is -0.778 e. The molecule has 3 atom stereocenters. The number of hydrazone groups is 1. The van der Waals surface area contributed by atoms with Crippen molar-refractivity contribution in [2.45, 2.75) is 38.5 Å². The van der Waals surface area contributed by atoms with E-state index in [0.717, 1.165) is 65.9 Å². The van der Waals surface area contributed by atoms with Crippen LogP contribution in [-0.2, 0) is 51.4 Å². The summed E-state index contributed by atoms with van der Waals surface area (Å²) in [6, 6.07) is 27.8. The van der Waals surface area contributed by atoms with Gasteiger partial charge in [-0.3, -0.25) is 14.2 Å². The molecule has 332 valence electrons. The summed E-state index contributed by atoms with van der Waals surface area (Å²) < 4.78 is 41.4. The molecule has 0 fully saturated rings. The molecule has 22 heteroatoms. The van der Waals surface area contributed by atoms with Crippen molar-refractivity contribution in [3.8, 4) is 23.3 Å². The first-order chi connectivity index (χ1) is 30.1. The molecule has 6 rings (SSSR count). The monoisotopic (exact) mass is 979 g/mol. The number of carbonyl (C=O) groups is 1. The molecule has 0 saturated carbocycles. The molecule has 0 saturated heterocycles. The van der Waals surface area contributed by atoms with Crippen molar-refractivity contribution in [2.75, 3.05) is 57.5 Å². The van der Waals surface area contributed by atoms with Crippen LogP contribution in [0.5, 0.6) is 17.2 Å². The van der Waals surface area contributed by atoms with Gasteiger partial charge in [0.2, 0.25) is 18.6 Å². The first-order valence-electron chi connectivity index (χ1n) is 20.2. The van der Waals surface area contributed by atoms with E-state index in [9.17, 15) is 29.0 Å². The number of rotatable bonds is 21. The molecule has 4 aromatic rings. The van der Waals surface area contributed by atoms with E-state index in [1.807, 2.05) is 36.4 Å². The van der Waals surface area contributed by atoms with E-state index in [1.165, 1.54) is 21.6 Å². The predicted octanol–water partition coefficient (Wildman–Crippen LogP) is -0.956. The maximum atomic E-state index is 12.9. The van der Waals surface area contributed by atoms with Gasteiger partial charge in [-0.15, -0.1) is 5.10 Å². The summed E-state index contributed by atoms with van der Waals surface area (Å²) in [5.41, 5.74) is 7.48. The van der Waals surface area contributed by atoms with Crippen molar-refractivity contribution in [1.29, 1.82) is 5.26 Å². The maximum Gasteiger partial charge on any atom is 1.00 e. The second kappa shape index (κ2) is 26.0. The summed E-state index contributed by atoms with van der Waals surface area (Å²) >= 11 is 5.50. The molecule has 3 unspecified atom stereocenters. The Kier molecular flexibility index (Phi) is 21.8. The van der Waals surface area contributed by atoms with Gasteiger partial charge in [-0.05, 0) is 139 Å². The molecule has 4 aromatic carbocycles. The summed E-state index contributed by atoms with van der Waals surface area (Å²) in [4.78, 5) is 57.1. The summed E-state index contributed by atoms with van der Waals surface area (Å²) in [6.45, 7) is 2.50. The van der Waals surface area contributed by atoms with E-state index in [0.29, 0.717) is 30.2 Å². The Balaban J connectivity index is 0.00000462. The normalized spacial score (nSPS) is 15.2. The molecule has 0 bridgehead atoms. The minimum atomic E-state index is -4.79. The Morgan fingerprint density at radius 2 is 1.40 bits per heavy atom. The molecule has 2 heterocycles. The summed E-state index contributed by atoms with van der Waals surface area (Å²) in [5.74, 6) is 1.30. The number of benzene rings is 4. The van der Waals surface area contributed by atoms with Crippen LogP contribution in [0, 0.1) is 11.3 Å². The van der Waals surface area contributed by atoms with Gasteiger partial charge < -0.3 is 48.4 Å². The van der Waals surface area contributed by atoms with Crippen molar-refractivity contribution in [3.05, 3.63) is 124 Å². The van der Waals surface area contributed by atoms with Crippen LogP contribution in [0.4, 0.5) is 5.69 Å². The van der Waals surface area contributed by atoms with Crippen LogP contribution in [0.15, 0.2) is 95.6 Å². The van der Waals surface area contributed by atoms with Crippen molar-refractivity contribution in [2.24, 2.45) is 5.10 Å². The van der Waals surface area contributed by atoms with Crippen LogP contribution in [0.2, 0.25) is 0 Å². The van der Waals surface area contributed by atoms with Crippen LogP contribution >= 0.6 is 22.3 Å². The number of amides is 1. The molecule has 2 aliphatic rings. The molecule has 0 aromatic heterocycles. The van der Waals surface area contributed by atoms with E-state index < -0.39 is 34.8 Å². The Bertz CT molecular complexity index is 2400. The average molecular weight is 980 g/mol. The summed E-state index contributed by atoms with van der Waals surface area (Å²) in [7, 11) is -9.46. The molecule has 16 nitrogen and oxygen atoms in total. The minimum absolute atomic E-state index is 0. The van der Waals surface area contributed by atoms with Crippen molar-refractivity contribution >= 4 is 58.0 Å². The van der Waals surface area contributed by atoms with E-state index in [2.05, 4.69) is 33.5 Å². The van der Waals surface area contributed by atoms with Crippen molar-refractivity contribution < 1.29 is 107 Å². The number of anilines is 1. The molecule has 65 heavy (non-hydrogen) atoms. The molecule has 2 aliphatic heterocycles. The van der Waals surface area contributed by atoms with Crippen molar-refractivity contribution in [1.82, 2.24) is 15.0 Å². The Hall–Kier alpha value is -2.97. The van der Waals surface area contributed by atoms with Gasteiger partial charge in [-0.25, -0.2) is 0 Å². The van der Waals surface area contributed by atoms with Gasteiger partial charge in [-0.1, -0.05) is 29.0 Å². The van der Waals surface area contributed by atoms with Gasteiger partial charge in [0.05, 0.1) is 25.8 Å². The number of hydrogen-bond donors (Lipinski definition) is 3. The molecule has 3 N–H and O–H groups in total. The Morgan fingerprint density at radius 3 is 1.94 bits per heavy atom. The van der Waals surface area contributed by atoms with Crippen molar-refractivity contribution in [3.63, 3.8) is 0 Å². The Morgan fingerprint density at radius 1 is 0.877 bits per heavy atom. The van der Waals surface area contributed by atoms with Gasteiger partial charge in [-0.2, -0.15) is 5.26 Å². The van der Waals surface area contributed by atoms with E-state index in [4.69, 9.17) is 35.6 Å². The number of nitrogens with zero attached hydrogens (tertiary/aromatic N) is 5. The van der Waals surface area contributed by atoms with Gasteiger partial charge in [0, 0.05) is 31.9 Å². The molecular weight excluding hydrogens is 931 g/mol. The third kappa shape index (κ3) is 17.9. The van der Waals surface area contributed by atoms with Crippen LogP contribution < -0.4 is 93.1 Å². The predicted molar refractivity (Wildman–Crippen MR) is 241 cm³/mol. The zero-order valence-corrected chi connectivity index (χ0v) is 44.1. The zero-order chi connectivity index (χ0) is 45.0. The first-order valence-corrected chi connectivity index (χ1v) is 25.9. The topological polar surface area (TPSA) is 223 Å². The molecular formula is C43H48N6Na2O10P3S+. The van der Waals surface area contributed by atoms with Crippen LogP contribution in [0.25, 0.3) is 6.08 Å². The van der Waals surface area contributed by atoms with E-state index >= 15 is 0 Å². The smallest absolute Gasteiger partial charge is 0.778 e. The second-order valence-corrected chi connectivity index (χ2v) is 20.4. The SMILES string of the molecule is CN(/N=C/c1ccc(OCOc2ccc(CCNC(=O)/C(C#N)=C\c3cc4c5c(c3)CCCN5CCC4)cc2)cc1)[P+](=S)Oc1ccc(CCN(CP(=O)([O-])O)CP(=O)([O-])O)cc1.[Na+].[Na+]. The fourth-order valence-corrected chi connectivity index (χ4v) is 9.84. The van der Waals surface area contributed by atoms with E-state index in [1.54, 1.807) is 55.7 Å². The van der Waals surface area contributed by atoms with Gasteiger partial charge >= 0.3 is 66.2 Å². The molecule has 0 radical (unpaired) electrons. The number of ether oxygens (including phenoxy) is 2. The standard InChI is InChI=1S/C43H49N6O10P3S.2Na/c1-47(60(63)59-41-16-8-33(9-17-41)19-23-48(29-61(51,52)53)30-62(54,55)56)46-28-34-10-14-40(15-11-34)58-31-57-39-12-6-32(7-13-39)18-20-45-43(50)38(27-44)26-35-24-36-4-2-21-49-22-3-5-37(25-35)42(36)49;;/h6-17,24-26,28H,2-5,18-23,29-31H2,1H3,(H4-,45,50,51,52,53,54,55,56);;/q;2*+1/p-1/b38-26-,46-28+;;. The van der Waals surface area contributed by atoms with E-state index in [-0.39, 0.29) is 90.4 Å². The zero-order valence-electron chi connectivity index (χ0n) is 36.6. The Labute approximate surface area is 429 Å². The fraction of sp³-hybridized carbons (Fsp3) is 0.326. The number of nitrogens with one attached hydrogen (secondary N) is 1. The fourth-order valence-electron chi connectivity index (χ4n) is 7.25. The molecule has 1 amide bonds. The largest absolute Gasteiger partial charge is 1.00 e. The number of hydrogen-bond acceptors (Lipinski definition) is 13. The van der Waals surface area contributed by atoms with Crippen LogP contribution in [-0.4, -0.2) is 84.2 Å². The van der Waals surface area contributed by atoms with Gasteiger partial charge in [0.15, 0.2) is 5.75 Å². The quantitative estimate of drug-likeness (QED) is 0.0174. The summed E-state index contributed by atoms with van der Waals surface area (Å²) in [5, 5.41) is 17.1. The van der Waals surface area contributed by atoms with Gasteiger partial charge in [0.25, 0.3) is 5.91 Å².